The van der Waals surface area contributed by atoms with Crippen molar-refractivity contribution in [2.24, 2.45) is 0 Å². The van der Waals surface area contributed by atoms with Gasteiger partial charge in [0.2, 0.25) is 0 Å². The topological polar surface area (TPSA) is 63.0 Å². The van der Waals surface area contributed by atoms with Crippen molar-refractivity contribution < 1.29 is 13.9 Å². The van der Waals surface area contributed by atoms with E-state index in [4.69, 9.17) is 9.15 Å². The zero-order valence-electron chi connectivity index (χ0n) is 16.5. The van der Waals surface area contributed by atoms with E-state index < -0.39 is 5.63 Å². The molecule has 1 amide bonds. The van der Waals surface area contributed by atoms with Crippen molar-refractivity contribution in [2.75, 3.05) is 32.8 Å². The number of carbonyl (C=O) groups is 1. The highest BCUT2D eigenvalue weighted by Crippen LogP contribution is 2.25. The molecule has 6 heteroatoms. The van der Waals surface area contributed by atoms with E-state index in [0.717, 1.165) is 19.6 Å². The summed E-state index contributed by atoms with van der Waals surface area (Å²) in [6, 6.07) is 17.3. The second-order valence-electron chi connectivity index (χ2n) is 7.11. The van der Waals surface area contributed by atoms with Gasteiger partial charge in [-0.1, -0.05) is 42.5 Å². The Morgan fingerprint density at radius 2 is 1.79 bits per heavy atom. The molecule has 0 N–H and O–H groups in total. The highest BCUT2D eigenvalue weighted by Gasteiger charge is 2.25. The number of hydrogen-bond donors (Lipinski definition) is 0. The molecule has 1 aromatic heterocycles. The lowest BCUT2D eigenvalue weighted by atomic mass is 10.1. The first kappa shape index (κ1) is 19.2. The van der Waals surface area contributed by atoms with Crippen molar-refractivity contribution in [1.82, 2.24) is 9.80 Å². The van der Waals surface area contributed by atoms with Crippen LogP contribution in [-0.2, 0) is 6.54 Å². The Balaban J connectivity index is 1.48. The molecule has 1 fully saturated rings. The van der Waals surface area contributed by atoms with Crippen LogP contribution in [0.1, 0.15) is 22.8 Å². The number of benzene rings is 2. The van der Waals surface area contributed by atoms with Gasteiger partial charge in [0, 0.05) is 38.1 Å². The summed E-state index contributed by atoms with van der Waals surface area (Å²) < 4.78 is 11.0. The maximum atomic E-state index is 13.0. The molecule has 29 heavy (non-hydrogen) atoms. The van der Waals surface area contributed by atoms with Crippen LogP contribution in [0.15, 0.2) is 63.8 Å². The molecule has 6 nitrogen and oxygen atoms in total. The van der Waals surface area contributed by atoms with E-state index in [2.05, 4.69) is 17.0 Å². The van der Waals surface area contributed by atoms with Crippen molar-refractivity contribution in [3.8, 4) is 5.75 Å². The van der Waals surface area contributed by atoms with Gasteiger partial charge in [0.15, 0.2) is 11.3 Å². The van der Waals surface area contributed by atoms with Crippen LogP contribution in [-0.4, -0.2) is 48.5 Å². The lowest BCUT2D eigenvalue weighted by Crippen LogP contribution is -2.49. The fourth-order valence-corrected chi connectivity index (χ4v) is 3.66. The van der Waals surface area contributed by atoms with Crippen molar-refractivity contribution in [3.63, 3.8) is 0 Å². The largest absolute Gasteiger partial charge is 0.490 e. The molecule has 0 unspecified atom stereocenters. The van der Waals surface area contributed by atoms with Crippen LogP contribution in [0.25, 0.3) is 11.0 Å². The SMILES string of the molecule is CCOc1cccc2cc(C(=O)N3CCN(Cc4ccccc4)CC3)c(=O)oc12. The summed E-state index contributed by atoms with van der Waals surface area (Å²) in [5.41, 5.74) is 1.08. The first-order chi connectivity index (χ1) is 14.2. The van der Waals surface area contributed by atoms with Crippen molar-refractivity contribution in [2.45, 2.75) is 13.5 Å². The second kappa shape index (κ2) is 8.49. The maximum absolute atomic E-state index is 13.0. The highest BCUT2D eigenvalue weighted by molar-refractivity contribution is 5.97. The molecule has 0 radical (unpaired) electrons. The standard InChI is InChI=1S/C23H24N2O4/c1-2-28-20-10-6-9-18-15-19(23(27)29-21(18)20)22(26)25-13-11-24(12-14-25)16-17-7-4-3-5-8-17/h3-10,15H,2,11-14,16H2,1H3. The molecule has 1 aliphatic heterocycles. The maximum Gasteiger partial charge on any atom is 0.349 e. The van der Waals surface area contributed by atoms with Crippen molar-refractivity contribution in [3.05, 3.63) is 76.1 Å². The Bertz CT molecular complexity index is 1050. The van der Waals surface area contributed by atoms with Gasteiger partial charge in [-0.15, -0.1) is 0 Å². The van der Waals surface area contributed by atoms with E-state index in [-0.39, 0.29) is 11.5 Å². The predicted molar refractivity (Wildman–Crippen MR) is 111 cm³/mol. The van der Waals surface area contributed by atoms with E-state index >= 15 is 0 Å². The highest BCUT2D eigenvalue weighted by atomic mass is 16.5. The minimum Gasteiger partial charge on any atom is -0.490 e. The summed E-state index contributed by atoms with van der Waals surface area (Å²) in [7, 11) is 0. The smallest absolute Gasteiger partial charge is 0.349 e. The van der Waals surface area contributed by atoms with E-state index in [0.29, 0.717) is 36.4 Å². The van der Waals surface area contributed by atoms with Gasteiger partial charge in [0.25, 0.3) is 5.91 Å². The molecular formula is C23H24N2O4. The molecule has 3 aromatic rings. The molecule has 0 spiro atoms. The molecule has 0 saturated carbocycles. The first-order valence-corrected chi connectivity index (χ1v) is 9.91. The number of nitrogens with zero attached hydrogens (tertiary/aromatic N) is 2. The minimum atomic E-state index is -0.624. The average molecular weight is 392 g/mol. The van der Waals surface area contributed by atoms with Gasteiger partial charge < -0.3 is 14.1 Å². The molecule has 2 heterocycles. The number of rotatable bonds is 5. The lowest BCUT2D eigenvalue weighted by Gasteiger charge is -2.34. The monoisotopic (exact) mass is 392 g/mol. The van der Waals surface area contributed by atoms with E-state index in [1.165, 1.54) is 5.56 Å². The van der Waals surface area contributed by atoms with Crippen LogP contribution >= 0.6 is 0 Å². The van der Waals surface area contributed by atoms with Crippen molar-refractivity contribution in [1.29, 1.82) is 0 Å². The van der Waals surface area contributed by atoms with E-state index in [1.54, 1.807) is 17.0 Å². The molecule has 0 aliphatic carbocycles. The van der Waals surface area contributed by atoms with Crippen LogP contribution in [0.5, 0.6) is 5.75 Å². The minimum absolute atomic E-state index is 0.0719. The Labute approximate surface area is 169 Å². The molecule has 0 atom stereocenters. The van der Waals surface area contributed by atoms with E-state index in [9.17, 15) is 9.59 Å². The molecule has 2 aromatic carbocycles. The molecule has 0 bridgehead atoms. The van der Waals surface area contributed by atoms with Gasteiger partial charge in [-0.3, -0.25) is 9.69 Å². The first-order valence-electron chi connectivity index (χ1n) is 9.91. The normalized spacial score (nSPS) is 14.9. The third kappa shape index (κ3) is 4.17. The Hall–Kier alpha value is -3.12. The zero-order chi connectivity index (χ0) is 20.2. The van der Waals surface area contributed by atoms with Gasteiger partial charge in [-0.05, 0) is 24.6 Å². The fourth-order valence-electron chi connectivity index (χ4n) is 3.66. The number of para-hydroxylation sites is 1. The van der Waals surface area contributed by atoms with Crippen LogP contribution < -0.4 is 10.4 Å². The third-order valence-electron chi connectivity index (χ3n) is 5.16. The third-order valence-corrected chi connectivity index (χ3v) is 5.16. The molecule has 4 rings (SSSR count). The number of fused-ring (bicyclic) bond motifs is 1. The van der Waals surface area contributed by atoms with Gasteiger partial charge in [0.05, 0.1) is 6.61 Å². The average Bonchev–Trinajstić information content (AvgIpc) is 2.75. The molecule has 150 valence electrons. The number of piperazine rings is 1. The lowest BCUT2D eigenvalue weighted by molar-refractivity contribution is 0.0624. The summed E-state index contributed by atoms with van der Waals surface area (Å²) in [5, 5.41) is 0.682. The summed E-state index contributed by atoms with van der Waals surface area (Å²) in [6.45, 7) is 5.91. The van der Waals surface area contributed by atoms with Crippen LogP contribution in [0.2, 0.25) is 0 Å². The second-order valence-corrected chi connectivity index (χ2v) is 7.11. The van der Waals surface area contributed by atoms with Gasteiger partial charge in [-0.25, -0.2) is 4.79 Å². The quantitative estimate of drug-likeness (QED) is 0.624. The summed E-state index contributed by atoms with van der Waals surface area (Å²) >= 11 is 0. The fraction of sp³-hybridized carbons (Fsp3) is 0.304. The van der Waals surface area contributed by atoms with Crippen LogP contribution in [0, 0.1) is 0 Å². The zero-order valence-corrected chi connectivity index (χ0v) is 16.5. The van der Waals surface area contributed by atoms with Gasteiger partial charge in [-0.2, -0.15) is 0 Å². The predicted octanol–water partition coefficient (Wildman–Crippen LogP) is 3.15. The Morgan fingerprint density at radius 3 is 2.52 bits per heavy atom. The number of amides is 1. The summed E-state index contributed by atoms with van der Waals surface area (Å²) in [6.07, 6.45) is 0. The van der Waals surface area contributed by atoms with Gasteiger partial charge in [0.1, 0.15) is 5.56 Å². The molecule has 1 aliphatic rings. The number of carbonyl (C=O) groups excluding carboxylic acids is 1. The number of hydrogen-bond acceptors (Lipinski definition) is 5. The Kier molecular flexibility index (Phi) is 5.62. The van der Waals surface area contributed by atoms with Gasteiger partial charge >= 0.3 is 5.63 Å². The van der Waals surface area contributed by atoms with Crippen LogP contribution in [0.4, 0.5) is 0 Å². The van der Waals surface area contributed by atoms with Crippen molar-refractivity contribution >= 4 is 16.9 Å². The number of ether oxygens (including phenoxy) is 1. The molecular weight excluding hydrogens is 368 g/mol. The summed E-state index contributed by atoms with van der Waals surface area (Å²) in [4.78, 5) is 29.5. The summed E-state index contributed by atoms with van der Waals surface area (Å²) in [5.74, 6) is 0.234. The Morgan fingerprint density at radius 1 is 1.03 bits per heavy atom. The molecule has 1 saturated heterocycles. The van der Waals surface area contributed by atoms with E-state index in [1.807, 2.05) is 37.3 Å². The van der Waals surface area contributed by atoms with Crippen LogP contribution in [0.3, 0.4) is 0 Å².